The number of hydrogen-bond donors (Lipinski definition) is 1. The number of ether oxygens (including phenoxy) is 1. The third kappa shape index (κ3) is 7.34. The molecule has 0 amide bonds. The molecular formula is C16H26N4O. The number of nitrogens with one attached hydrogen (secondary N) is 1. The van der Waals surface area contributed by atoms with Crippen molar-refractivity contribution in [3.8, 4) is 5.75 Å². The Balaban J connectivity index is 2.38. The van der Waals surface area contributed by atoms with Gasteiger partial charge < -0.3 is 15.0 Å². The van der Waals surface area contributed by atoms with E-state index < -0.39 is 0 Å². The van der Waals surface area contributed by atoms with Gasteiger partial charge in [-0.1, -0.05) is 6.08 Å². The number of unbranched alkanes of at least 4 members (excludes halogenated alkanes) is 1. The van der Waals surface area contributed by atoms with Crippen LogP contribution in [0.5, 0.6) is 5.75 Å². The first-order chi connectivity index (χ1) is 10.3. The molecule has 0 bridgehead atoms. The fourth-order valence-electron chi connectivity index (χ4n) is 1.80. The van der Waals surface area contributed by atoms with Gasteiger partial charge in [0.25, 0.3) is 0 Å². The summed E-state index contributed by atoms with van der Waals surface area (Å²) in [7, 11) is 2.05. The van der Waals surface area contributed by atoms with Crippen LogP contribution in [0.2, 0.25) is 0 Å². The molecule has 0 unspecified atom stereocenters. The van der Waals surface area contributed by atoms with Gasteiger partial charge >= 0.3 is 0 Å². The Hall–Kier alpha value is -2.04. The standard InChI is InChI=1S/C16H26N4O/c1-4-6-7-12-20(3)16(18-5-2)19-11-13-21-15-9-8-10-17-14-15/h4,8-10,14H,1,5-7,11-13H2,2-3H3,(H,18,19). The molecule has 0 aliphatic rings. The summed E-state index contributed by atoms with van der Waals surface area (Å²) in [6.45, 7) is 8.78. The smallest absolute Gasteiger partial charge is 0.193 e. The van der Waals surface area contributed by atoms with Gasteiger partial charge in [-0.2, -0.15) is 0 Å². The van der Waals surface area contributed by atoms with E-state index in [1.54, 1.807) is 12.4 Å². The summed E-state index contributed by atoms with van der Waals surface area (Å²) in [5.41, 5.74) is 0. The van der Waals surface area contributed by atoms with E-state index in [1.165, 1.54) is 0 Å². The van der Waals surface area contributed by atoms with Gasteiger partial charge in [0.15, 0.2) is 5.96 Å². The Morgan fingerprint density at radius 1 is 1.57 bits per heavy atom. The van der Waals surface area contributed by atoms with E-state index in [4.69, 9.17) is 4.74 Å². The summed E-state index contributed by atoms with van der Waals surface area (Å²) in [4.78, 5) is 10.7. The number of guanidine groups is 1. The summed E-state index contributed by atoms with van der Waals surface area (Å²) in [6, 6.07) is 3.75. The molecule has 1 heterocycles. The van der Waals surface area contributed by atoms with Gasteiger partial charge in [-0.15, -0.1) is 6.58 Å². The molecule has 116 valence electrons. The Morgan fingerprint density at radius 3 is 3.10 bits per heavy atom. The highest BCUT2D eigenvalue weighted by molar-refractivity contribution is 5.79. The largest absolute Gasteiger partial charge is 0.490 e. The van der Waals surface area contributed by atoms with Crippen LogP contribution >= 0.6 is 0 Å². The van der Waals surface area contributed by atoms with Gasteiger partial charge in [0.2, 0.25) is 0 Å². The predicted molar refractivity (Wildman–Crippen MR) is 87.8 cm³/mol. The Kier molecular flexibility index (Phi) is 8.68. The molecule has 1 aromatic heterocycles. The van der Waals surface area contributed by atoms with E-state index in [2.05, 4.69) is 33.7 Å². The van der Waals surface area contributed by atoms with E-state index in [0.717, 1.165) is 37.6 Å². The van der Waals surface area contributed by atoms with E-state index in [9.17, 15) is 0 Å². The minimum Gasteiger partial charge on any atom is -0.490 e. The van der Waals surface area contributed by atoms with E-state index in [1.807, 2.05) is 25.3 Å². The highest BCUT2D eigenvalue weighted by atomic mass is 16.5. The maximum Gasteiger partial charge on any atom is 0.193 e. The van der Waals surface area contributed by atoms with Gasteiger partial charge in [0, 0.05) is 26.3 Å². The molecule has 0 aliphatic carbocycles. The molecule has 0 aliphatic heterocycles. The zero-order valence-corrected chi connectivity index (χ0v) is 13.1. The van der Waals surface area contributed by atoms with Gasteiger partial charge in [0.05, 0.1) is 12.7 Å². The lowest BCUT2D eigenvalue weighted by Crippen LogP contribution is -2.39. The number of hydrogen-bond acceptors (Lipinski definition) is 3. The number of aliphatic imine (C=N–C) groups is 1. The Morgan fingerprint density at radius 2 is 2.43 bits per heavy atom. The third-order valence-electron chi connectivity index (χ3n) is 2.85. The molecule has 0 saturated carbocycles. The van der Waals surface area contributed by atoms with Crippen LogP contribution in [0.1, 0.15) is 19.8 Å². The molecule has 21 heavy (non-hydrogen) atoms. The number of rotatable bonds is 9. The molecule has 0 spiro atoms. The average Bonchev–Trinajstić information content (AvgIpc) is 2.51. The molecule has 0 radical (unpaired) electrons. The van der Waals surface area contributed by atoms with Crippen LogP contribution in [0.4, 0.5) is 0 Å². The van der Waals surface area contributed by atoms with Crippen molar-refractivity contribution in [2.45, 2.75) is 19.8 Å². The lowest BCUT2D eigenvalue weighted by molar-refractivity contribution is 0.326. The number of allylic oxidation sites excluding steroid dienone is 1. The van der Waals surface area contributed by atoms with Crippen molar-refractivity contribution in [1.29, 1.82) is 0 Å². The molecule has 5 heteroatoms. The van der Waals surface area contributed by atoms with Crippen molar-refractivity contribution in [3.05, 3.63) is 37.2 Å². The zero-order chi connectivity index (χ0) is 15.3. The number of nitrogens with zero attached hydrogens (tertiary/aromatic N) is 3. The topological polar surface area (TPSA) is 49.8 Å². The highest BCUT2D eigenvalue weighted by Gasteiger charge is 2.04. The van der Waals surface area contributed by atoms with Gasteiger partial charge in [-0.05, 0) is 31.9 Å². The molecule has 1 aromatic rings. The van der Waals surface area contributed by atoms with Crippen LogP contribution in [0.15, 0.2) is 42.2 Å². The molecule has 0 aromatic carbocycles. The quantitative estimate of drug-likeness (QED) is 0.328. The minimum atomic E-state index is 0.543. The lowest BCUT2D eigenvalue weighted by Gasteiger charge is -2.21. The Labute approximate surface area is 127 Å². The lowest BCUT2D eigenvalue weighted by atomic mass is 10.3. The molecule has 0 fully saturated rings. The van der Waals surface area contributed by atoms with Crippen molar-refractivity contribution >= 4 is 5.96 Å². The van der Waals surface area contributed by atoms with E-state index in [0.29, 0.717) is 13.2 Å². The van der Waals surface area contributed by atoms with Crippen molar-refractivity contribution < 1.29 is 4.74 Å². The highest BCUT2D eigenvalue weighted by Crippen LogP contribution is 2.05. The first-order valence-corrected chi connectivity index (χ1v) is 7.41. The normalized spacial score (nSPS) is 11.0. The second-order valence-corrected chi connectivity index (χ2v) is 4.63. The maximum absolute atomic E-state index is 5.58. The van der Waals surface area contributed by atoms with E-state index >= 15 is 0 Å². The van der Waals surface area contributed by atoms with Crippen LogP contribution < -0.4 is 10.1 Å². The van der Waals surface area contributed by atoms with Crippen LogP contribution in [0.25, 0.3) is 0 Å². The van der Waals surface area contributed by atoms with Crippen LogP contribution in [0.3, 0.4) is 0 Å². The van der Waals surface area contributed by atoms with Crippen molar-refractivity contribution in [2.75, 3.05) is 33.3 Å². The SMILES string of the molecule is C=CCCCN(C)C(=NCCOc1cccnc1)NCC. The number of aromatic nitrogens is 1. The van der Waals surface area contributed by atoms with Crippen molar-refractivity contribution in [2.24, 2.45) is 4.99 Å². The van der Waals surface area contributed by atoms with Crippen LogP contribution in [-0.4, -0.2) is 49.1 Å². The molecule has 0 atom stereocenters. The summed E-state index contributed by atoms with van der Waals surface area (Å²) >= 11 is 0. The fraction of sp³-hybridized carbons (Fsp3) is 0.500. The average molecular weight is 290 g/mol. The number of pyridine rings is 1. The van der Waals surface area contributed by atoms with Gasteiger partial charge in [-0.3, -0.25) is 4.98 Å². The second-order valence-electron chi connectivity index (χ2n) is 4.63. The fourth-order valence-corrected chi connectivity index (χ4v) is 1.80. The summed E-state index contributed by atoms with van der Waals surface area (Å²) in [5, 5.41) is 3.29. The Bertz CT molecular complexity index is 420. The van der Waals surface area contributed by atoms with Crippen LogP contribution in [0, 0.1) is 0 Å². The van der Waals surface area contributed by atoms with Crippen molar-refractivity contribution in [3.63, 3.8) is 0 Å². The summed E-state index contributed by atoms with van der Waals surface area (Å²) in [5.74, 6) is 1.69. The molecule has 1 rings (SSSR count). The second kappa shape index (κ2) is 10.7. The zero-order valence-electron chi connectivity index (χ0n) is 13.1. The third-order valence-corrected chi connectivity index (χ3v) is 2.85. The van der Waals surface area contributed by atoms with Gasteiger partial charge in [0.1, 0.15) is 12.4 Å². The summed E-state index contributed by atoms with van der Waals surface area (Å²) in [6.07, 6.45) is 7.48. The first kappa shape index (κ1) is 17.0. The van der Waals surface area contributed by atoms with Gasteiger partial charge in [-0.25, -0.2) is 4.99 Å². The molecule has 1 N–H and O–H groups in total. The monoisotopic (exact) mass is 290 g/mol. The van der Waals surface area contributed by atoms with Crippen LogP contribution in [-0.2, 0) is 0 Å². The molecule has 5 nitrogen and oxygen atoms in total. The van der Waals surface area contributed by atoms with Crippen molar-refractivity contribution in [1.82, 2.24) is 15.2 Å². The first-order valence-electron chi connectivity index (χ1n) is 7.41. The van der Waals surface area contributed by atoms with E-state index in [-0.39, 0.29) is 0 Å². The molecule has 0 saturated heterocycles. The predicted octanol–water partition coefficient (Wildman–Crippen LogP) is 2.32. The minimum absolute atomic E-state index is 0.543. The maximum atomic E-state index is 5.58. The summed E-state index contributed by atoms with van der Waals surface area (Å²) < 4.78 is 5.58. The molecular weight excluding hydrogens is 264 g/mol.